The third kappa shape index (κ3) is 3.66. The summed E-state index contributed by atoms with van der Waals surface area (Å²) in [4.78, 5) is 11.3. The number of benzene rings is 1. The number of alkyl halides is 1. The minimum atomic E-state index is -0.293. The Morgan fingerprint density at radius 2 is 1.95 bits per heavy atom. The predicted octanol–water partition coefficient (Wildman–Crippen LogP) is 4.31. The van der Waals surface area contributed by atoms with E-state index in [0.29, 0.717) is 10.3 Å². The maximum absolute atomic E-state index is 11.3. The molecule has 0 atom stereocenters. The first kappa shape index (κ1) is 16.0. The van der Waals surface area contributed by atoms with Crippen molar-refractivity contribution in [3.05, 3.63) is 34.3 Å². The average molecular weight is 371 g/mol. The lowest BCUT2D eigenvalue weighted by Gasteiger charge is -2.19. The number of rotatable bonds is 3. The van der Waals surface area contributed by atoms with Crippen molar-refractivity contribution in [2.24, 2.45) is 0 Å². The molecule has 2 rings (SSSR count). The van der Waals surface area contributed by atoms with Crippen molar-refractivity contribution in [2.75, 3.05) is 11.2 Å². The van der Waals surface area contributed by atoms with E-state index in [9.17, 15) is 4.79 Å². The molecule has 0 aliphatic heterocycles. The Morgan fingerprint density at radius 3 is 2.48 bits per heavy atom. The molecule has 0 saturated carbocycles. The summed E-state index contributed by atoms with van der Waals surface area (Å²) in [5.74, 6) is 0.0450. The molecule has 0 unspecified atom stereocenters. The van der Waals surface area contributed by atoms with Crippen molar-refractivity contribution in [3.63, 3.8) is 0 Å². The normalized spacial score (nSPS) is 11.5. The predicted molar refractivity (Wildman–Crippen MR) is 89.8 cm³/mol. The molecule has 0 bridgehead atoms. The Hall–Kier alpha value is -1.33. The van der Waals surface area contributed by atoms with Gasteiger partial charge in [-0.2, -0.15) is 5.10 Å². The SMILES string of the molecule is CC(C)(C)c1ccc(-c2[nH]nc(NC(=O)CCl)c2Br)cc1. The van der Waals surface area contributed by atoms with E-state index in [2.05, 4.69) is 64.3 Å². The smallest absolute Gasteiger partial charge is 0.240 e. The van der Waals surface area contributed by atoms with Crippen LogP contribution in [0.15, 0.2) is 28.7 Å². The zero-order valence-electron chi connectivity index (χ0n) is 12.1. The highest BCUT2D eigenvalue weighted by Crippen LogP contribution is 2.33. The Bertz CT molecular complexity index is 644. The molecule has 1 heterocycles. The number of amides is 1. The van der Waals surface area contributed by atoms with Crippen LogP contribution >= 0.6 is 27.5 Å². The molecule has 0 fully saturated rings. The summed E-state index contributed by atoms with van der Waals surface area (Å²) in [7, 11) is 0. The Balaban J connectivity index is 2.29. The second-order valence-electron chi connectivity index (χ2n) is 5.77. The van der Waals surface area contributed by atoms with E-state index in [0.717, 1.165) is 11.3 Å². The number of carbonyl (C=O) groups is 1. The molecule has 1 aromatic heterocycles. The second-order valence-corrected chi connectivity index (χ2v) is 6.83. The number of aromatic nitrogens is 2. The number of halogens is 2. The summed E-state index contributed by atoms with van der Waals surface area (Å²) in [6, 6.07) is 8.26. The first-order valence-electron chi connectivity index (χ1n) is 6.53. The summed E-state index contributed by atoms with van der Waals surface area (Å²) in [6.45, 7) is 6.52. The van der Waals surface area contributed by atoms with Crippen molar-refractivity contribution in [2.45, 2.75) is 26.2 Å². The first-order valence-corrected chi connectivity index (χ1v) is 7.86. The van der Waals surface area contributed by atoms with Crippen LogP contribution in [0, 0.1) is 0 Å². The van der Waals surface area contributed by atoms with Gasteiger partial charge in [-0.25, -0.2) is 0 Å². The summed E-state index contributed by atoms with van der Waals surface area (Å²) >= 11 is 8.92. The maximum atomic E-state index is 11.3. The zero-order chi connectivity index (χ0) is 15.6. The van der Waals surface area contributed by atoms with Crippen molar-refractivity contribution in [3.8, 4) is 11.3 Å². The Labute approximate surface area is 137 Å². The summed E-state index contributed by atoms with van der Waals surface area (Å²) < 4.78 is 0.712. The lowest BCUT2D eigenvalue weighted by molar-refractivity contribution is -0.113. The van der Waals surface area contributed by atoms with E-state index in [1.54, 1.807) is 0 Å². The van der Waals surface area contributed by atoms with Crippen molar-refractivity contribution >= 4 is 39.3 Å². The van der Waals surface area contributed by atoms with Crippen LogP contribution in [0.2, 0.25) is 0 Å². The second kappa shape index (κ2) is 6.20. The van der Waals surface area contributed by atoms with E-state index in [1.807, 2.05) is 12.1 Å². The molecular formula is C15H17BrClN3O. The molecule has 2 N–H and O–H groups in total. The number of anilines is 1. The van der Waals surface area contributed by atoms with Crippen molar-refractivity contribution < 1.29 is 4.79 Å². The van der Waals surface area contributed by atoms with Gasteiger partial charge in [0.1, 0.15) is 5.88 Å². The van der Waals surface area contributed by atoms with Gasteiger partial charge in [-0.15, -0.1) is 11.6 Å². The van der Waals surface area contributed by atoms with Gasteiger partial charge in [-0.05, 0) is 26.9 Å². The molecule has 0 aliphatic carbocycles. The van der Waals surface area contributed by atoms with Crippen LogP contribution in [0.3, 0.4) is 0 Å². The lowest BCUT2D eigenvalue weighted by atomic mass is 9.86. The van der Waals surface area contributed by atoms with Crippen LogP contribution in [-0.4, -0.2) is 22.0 Å². The van der Waals surface area contributed by atoms with E-state index in [-0.39, 0.29) is 17.2 Å². The molecule has 0 aliphatic rings. The van der Waals surface area contributed by atoms with Gasteiger partial charge < -0.3 is 5.32 Å². The lowest BCUT2D eigenvalue weighted by Crippen LogP contribution is -2.13. The molecule has 21 heavy (non-hydrogen) atoms. The number of hydrogen-bond acceptors (Lipinski definition) is 2. The number of carbonyl (C=O) groups excluding carboxylic acids is 1. The molecule has 1 aromatic carbocycles. The van der Waals surface area contributed by atoms with Gasteiger partial charge in [0, 0.05) is 5.56 Å². The summed E-state index contributed by atoms with van der Waals surface area (Å²) in [5, 5.41) is 9.64. The number of hydrogen-bond donors (Lipinski definition) is 2. The van der Waals surface area contributed by atoms with Gasteiger partial charge in [-0.3, -0.25) is 9.89 Å². The summed E-state index contributed by atoms with van der Waals surface area (Å²) in [6.07, 6.45) is 0. The van der Waals surface area contributed by atoms with Crippen LogP contribution in [0.4, 0.5) is 5.82 Å². The van der Waals surface area contributed by atoms with Gasteiger partial charge >= 0.3 is 0 Å². The van der Waals surface area contributed by atoms with Crippen molar-refractivity contribution in [1.82, 2.24) is 10.2 Å². The van der Waals surface area contributed by atoms with Crippen LogP contribution in [-0.2, 0) is 10.2 Å². The van der Waals surface area contributed by atoms with Crippen LogP contribution in [0.1, 0.15) is 26.3 Å². The van der Waals surface area contributed by atoms with Crippen LogP contribution in [0.5, 0.6) is 0 Å². The third-order valence-corrected chi connectivity index (χ3v) is 4.14. The highest BCUT2D eigenvalue weighted by molar-refractivity contribution is 9.10. The highest BCUT2D eigenvalue weighted by Gasteiger charge is 2.16. The molecule has 0 saturated heterocycles. The molecule has 4 nitrogen and oxygen atoms in total. The highest BCUT2D eigenvalue weighted by atomic mass is 79.9. The molecule has 2 aromatic rings. The fourth-order valence-electron chi connectivity index (χ4n) is 1.90. The Morgan fingerprint density at radius 1 is 1.33 bits per heavy atom. The minimum Gasteiger partial charge on any atom is -0.307 e. The maximum Gasteiger partial charge on any atom is 0.240 e. The average Bonchev–Trinajstić information content (AvgIpc) is 2.79. The zero-order valence-corrected chi connectivity index (χ0v) is 14.5. The number of H-pyrrole nitrogens is 1. The molecule has 0 radical (unpaired) electrons. The van der Waals surface area contributed by atoms with Crippen LogP contribution in [0.25, 0.3) is 11.3 Å². The topological polar surface area (TPSA) is 57.8 Å². The van der Waals surface area contributed by atoms with Gasteiger partial charge in [0.25, 0.3) is 0 Å². The number of aromatic amines is 1. The molecule has 6 heteroatoms. The van der Waals surface area contributed by atoms with E-state index >= 15 is 0 Å². The monoisotopic (exact) mass is 369 g/mol. The van der Waals surface area contributed by atoms with E-state index in [1.165, 1.54) is 5.56 Å². The van der Waals surface area contributed by atoms with Crippen molar-refractivity contribution in [1.29, 1.82) is 0 Å². The third-order valence-electron chi connectivity index (χ3n) is 3.13. The largest absolute Gasteiger partial charge is 0.307 e. The molecular weight excluding hydrogens is 354 g/mol. The standard InChI is InChI=1S/C15H17BrClN3O/c1-15(2,3)10-6-4-9(5-7-10)13-12(16)14(20-19-13)18-11(21)8-17/h4-7H,8H2,1-3H3,(H2,18,19,20,21). The van der Waals surface area contributed by atoms with Gasteiger partial charge in [0.15, 0.2) is 5.82 Å². The Kier molecular flexibility index (Phi) is 4.74. The molecule has 1 amide bonds. The fourth-order valence-corrected chi connectivity index (χ4v) is 2.48. The quantitative estimate of drug-likeness (QED) is 0.791. The summed E-state index contributed by atoms with van der Waals surface area (Å²) in [5.41, 5.74) is 3.19. The van der Waals surface area contributed by atoms with E-state index < -0.39 is 0 Å². The number of nitrogens with zero attached hydrogens (tertiary/aromatic N) is 1. The number of nitrogens with one attached hydrogen (secondary N) is 2. The van der Waals surface area contributed by atoms with Gasteiger partial charge in [-0.1, -0.05) is 45.0 Å². The van der Waals surface area contributed by atoms with E-state index in [4.69, 9.17) is 11.6 Å². The molecule has 0 spiro atoms. The molecule has 112 valence electrons. The van der Waals surface area contributed by atoms with Gasteiger partial charge in [0.05, 0.1) is 10.2 Å². The van der Waals surface area contributed by atoms with Gasteiger partial charge in [0.2, 0.25) is 5.91 Å². The van der Waals surface area contributed by atoms with Crippen LogP contribution < -0.4 is 5.32 Å². The first-order chi connectivity index (χ1) is 9.82. The minimum absolute atomic E-state index is 0.102. The fraction of sp³-hybridized carbons (Fsp3) is 0.333.